The van der Waals surface area contributed by atoms with Crippen molar-refractivity contribution in [2.45, 2.75) is 19.3 Å². The van der Waals surface area contributed by atoms with E-state index in [9.17, 15) is 9.59 Å². The number of aromatic nitrogens is 2. The molecule has 0 radical (unpaired) electrons. The number of hydrogen-bond donors (Lipinski definition) is 2. The summed E-state index contributed by atoms with van der Waals surface area (Å²) in [5.41, 5.74) is 3.26. The lowest BCUT2D eigenvalue weighted by Gasteiger charge is -2.26. The fourth-order valence-electron chi connectivity index (χ4n) is 3.98. The molecule has 1 aliphatic heterocycles. The fraction of sp³-hybridized carbons (Fsp3) is 0.296. The molecule has 0 aliphatic carbocycles. The predicted molar refractivity (Wildman–Crippen MR) is 136 cm³/mol. The van der Waals surface area contributed by atoms with Crippen LogP contribution in [0.4, 0.5) is 5.69 Å². The minimum absolute atomic E-state index is 0.162. The number of nitrogens with one attached hydrogen (secondary N) is 2. The van der Waals surface area contributed by atoms with Crippen molar-refractivity contribution in [2.75, 3.05) is 39.3 Å². The number of carbonyl (C=O) groups excluding carboxylic acids is 2. The van der Waals surface area contributed by atoms with Gasteiger partial charge in [-0.3, -0.25) is 14.7 Å². The minimum atomic E-state index is -0.325. The second-order valence-electron chi connectivity index (χ2n) is 8.11. The Balaban J connectivity index is 1.37. The van der Waals surface area contributed by atoms with E-state index in [0.29, 0.717) is 40.6 Å². The molecular formula is C27H28N4O5. The maximum absolute atomic E-state index is 12.5. The summed E-state index contributed by atoms with van der Waals surface area (Å²) in [6.07, 6.45) is 2.57. The van der Waals surface area contributed by atoms with Crippen LogP contribution < -0.4 is 24.4 Å². The first-order valence-electron chi connectivity index (χ1n) is 11.6. The molecule has 2 aromatic carbocycles. The standard InChI is InChI=1S/C27H28N4O5/c1-34-23-15-19(16-24(35-2)26(23)36-3)21-17-22(30-29-21)27(33)28-13-6-7-18-9-11-20(12-10-18)31-14-5-4-8-25(31)32/h9-12,15-17H,4-5,8,13-14H2,1-3H3,(H,28,33)(H,29,30). The summed E-state index contributed by atoms with van der Waals surface area (Å²) in [7, 11) is 4.61. The quantitative estimate of drug-likeness (QED) is 0.494. The maximum Gasteiger partial charge on any atom is 0.270 e. The van der Waals surface area contributed by atoms with Crippen molar-refractivity contribution in [1.29, 1.82) is 0 Å². The lowest BCUT2D eigenvalue weighted by Crippen LogP contribution is -2.35. The lowest BCUT2D eigenvalue weighted by atomic mass is 10.1. The third-order valence-electron chi connectivity index (χ3n) is 5.86. The molecule has 0 saturated carbocycles. The molecular weight excluding hydrogens is 460 g/mol. The molecule has 4 rings (SSSR count). The number of rotatable bonds is 7. The van der Waals surface area contributed by atoms with Crippen LogP contribution in [0.2, 0.25) is 0 Å². The summed E-state index contributed by atoms with van der Waals surface area (Å²) in [5.74, 6) is 7.27. The van der Waals surface area contributed by atoms with E-state index in [4.69, 9.17) is 14.2 Å². The van der Waals surface area contributed by atoms with Crippen molar-refractivity contribution in [2.24, 2.45) is 0 Å². The molecule has 0 spiro atoms. The van der Waals surface area contributed by atoms with Crippen LogP contribution in [0.15, 0.2) is 42.5 Å². The summed E-state index contributed by atoms with van der Waals surface area (Å²) in [6.45, 7) is 0.925. The smallest absolute Gasteiger partial charge is 0.270 e. The van der Waals surface area contributed by atoms with Crippen molar-refractivity contribution in [1.82, 2.24) is 15.5 Å². The zero-order chi connectivity index (χ0) is 25.5. The normalized spacial score (nSPS) is 13.0. The van der Waals surface area contributed by atoms with E-state index in [-0.39, 0.29) is 18.4 Å². The molecule has 2 N–H and O–H groups in total. The lowest BCUT2D eigenvalue weighted by molar-refractivity contribution is -0.119. The Morgan fingerprint density at radius 3 is 2.42 bits per heavy atom. The van der Waals surface area contributed by atoms with E-state index in [2.05, 4.69) is 27.4 Å². The third-order valence-corrected chi connectivity index (χ3v) is 5.86. The highest BCUT2D eigenvalue weighted by molar-refractivity contribution is 5.94. The van der Waals surface area contributed by atoms with E-state index in [0.717, 1.165) is 30.6 Å². The summed E-state index contributed by atoms with van der Waals surface area (Å²) in [4.78, 5) is 26.4. The monoisotopic (exact) mass is 488 g/mol. The Bertz CT molecular complexity index is 1280. The van der Waals surface area contributed by atoms with Gasteiger partial charge in [0, 0.05) is 29.8 Å². The van der Waals surface area contributed by atoms with Crippen LogP contribution >= 0.6 is 0 Å². The van der Waals surface area contributed by atoms with Gasteiger partial charge in [0.2, 0.25) is 11.7 Å². The molecule has 3 aromatic rings. The molecule has 1 aliphatic rings. The number of ether oxygens (including phenoxy) is 3. The van der Waals surface area contributed by atoms with Gasteiger partial charge in [0.25, 0.3) is 5.91 Å². The Kier molecular flexibility index (Phi) is 7.75. The number of H-pyrrole nitrogens is 1. The van der Waals surface area contributed by atoms with E-state index < -0.39 is 0 Å². The Morgan fingerprint density at radius 1 is 1.06 bits per heavy atom. The van der Waals surface area contributed by atoms with Crippen LogP contribution in [0.25, 0.3) is 11.3 Å². The molecule has 2 amide bonds. The van der Waals surface area contributed by atoms with E-state index in [1.54, 1.807) is 18.2 Å². The van der Waals surface area contributed by atoms with Crippen LogP contribution in [0.5, 0.6) is 17.2 Å². The Morgan fingerprint density at radius 2 is 1.78 bits per heavy atom. The van der Waals surface area contributed by atoms with Crippen molar-refractivity contribution >= 4 is 17.5 Å². The van der Waals surface area contributed by atoms with E-state index in [1.807, 2.05) is 29.2 Å². The molecule has 186 valence electrons. The van der Waals surface area contributed by atoms with Crippen LogP contribution in [-0.4, -0.2) is 56.4 Å². The second-order valence-corrected chi connectivity index (χ2v) is 8.11. The first-order chi connectivity index (χ1) is 17.5. The number of benzene rings is 2. The number of carbonyl (C=O) groups is 2. The van der Waals surface area contributed by atoms with Gasteiger partial charge in [-0.2, -0.15) is 5.10 Å². The summed E-state index contributed by atoms with van der Waals surface area (Å²) in [5, 5.41) is 9.75. The van der Waals surface area contributed by atoms with Crippen molar-refractivity contribution in [3.63, 3.8) is 0 Å². The number of piperidine rings is 1. The first-order valence-corrected chi connectivity index (χ1v) is 11.6. The van der Waals surface area contributed by atoms with Crippen LogP contribution in [0.3, 0.4) is 0 Å². The molecule has 9 nitrogen and oxygen atoms in total. The van der Waals surface area contributed by atoms with Crippen LogP contribution in [0, 0.1) is 11.8 Å². The summed E-state index contributed by atoms with van der Waals surface area (Å²) < 4.78 is 16.1. The van der Waals surface area contributed by atoms with Crippen LogP contribution in [-0.2, 0) is 4.79 Å². The molecule has 1 fully saturated rings. The molecule has 1 aromatic heterocycles. The summed E-state index contributed by atoms with van der Waals surface area (Å²) >= 11 is 0. The summed E-state index contributed by atoms with van der Waals surface area (Å²) in [6, 6.07) is 12.7. The third kappa shape index (κ3) is 5.44. The number of amides is 2. The number of nitrogens with zero attached hydrogens (tertiary/aromatic N) is 2. The van der Waals surface area contributed by atoms with Gasteiger partial charge in [0.1, 0.15) is 5.69 Å². The maximum atomic E-state index is 12.5. The number of methoxy groups -OCH3 is 3. The molecule has 2 heterocycles. The average molecular weight is 489 g/mol. The fourth-order valence-corrected chi connectivity index (χ4v) is 3.98. The van der Waals surface area contributed by atoms with Gasteiger partial charge in [0.05, 0.1) is 33.6 Å². The Hall–Kier alpha value is -4.45. The largest absolute Gasteiger partial charge is 0.493 e. The number of hydrogen-bond acceptors (Lipinski definition) is 6. The Labute approximate surface area is 209 Å². The van der Waals surface area contributed by atoms with Crippen molar-refractivity contribution < 1.29 is 23.8 Å². The van der Waals surface area contributed by atoms with Gasteiger partial charge in [-0.15, -0.1) is 0 Å². The number of anilines is 1. The van der Waals surface area contributed by atoms with Gasteiger partial charge in [-0.05, 0) is 55.3 Å². The zero-order valence-electron chi connectivity index (χ0n) is 20.5. The minimum Gasteiger partial charge on any atom is -0.493 e. The molecule has 0 bridgehead atoms. The number of aromatic amines is 1. The SMILES string of the molecule is COc1cc(-c2cc(C(=O)NCC#Cc3ccc(N4CCCCC4=O)cc3)[nH]n2)cc(OC)c1OC. The van der Waals surface area contributed by atoms with Crippen molar-refractivity contribution in [3.8, 4) is 40.3 Å². The van der Waals surface area contributed by atoms with E-state index >= 15 is 0 Å². The highest BCUT2D eigenvalue weighted by atomic mass is 16.5. The highest BCUT2D eigenvalue weighted by Gasteiger charge is 2.19. The second kappa shape index (κ2) is 11.3. The molecule has 0 atom stereocenters. The molecule has 36 heavy (non-hydrogen) atoms. The van der Waals surface area contributed by atoms with Gasteiger partial charge in [-0.25, -0.2) is 0 Å². The van der Waals surface area contributed by atoms with Crippen LogP contribution in [0.1, 0.15) is 35.3 Å². The zero-order valence-corrected chi connectivity index (χ0v) is 20.5. The molecule has 9 heteroatoms. The topological polar surface area (TPSA) is 106 Å². The van der Waals surface area contributed by atoms with Crippen molar-refractivity contribution in [3.05, 3.63) is 53.7 Å². The highest BCUT2D eigenvalue weighted by Crippen LogP contribution is 2.40. The van der Waals surface area contributed by atoms with Gasteiger partial charge < -0.3 is 24.4 Å². The first kappa shape index (κ1) is 24.7. The predicted octanol–water partition coefficient (Wildman–Crippen LogP) is 3.40. The molecule has 0 unspecified atom stereocenters. The van der Waals surface area contributed by atoms with Gasteiger partial charge in [0.15, 0.2) is 11.5 Å². The average Bonchev–Trinajstić information content (AvgIpc) is 3.41. The van der Waals surface area contributed by atoms with E-state index in [1.165, 1.54) is 21.3 Å². The van der Waals surface area contributed by atoms with Gasteiger partial charge >= 0.3 is 0 Å². The van der Waals surface area contributed by atoms with Gasteiger partial charge in [-0.1, -0.05) is 11.8 Å². The molecule has 1 saturated heterocycles.